The molecule has 0 aliphatic carbocycles. The van der Waals surface area contributed by atoms with Crippen LogP contribution in [0.25, 0.3) is 10.9 Å². The Bertz CT molecular complexity index is 516. The van der Waals surface area contributed by atoms with Crippen molar-refractivity contribution in [2.75, 3.05) is 27.2 Å². The number of rotatable bonds is 7. The third-order valence-corrected chi connectivity index (χ3v) is 3.62. The predicted molar refractivity (Wildman–Crippen MR) is 82.5 cm³/mol. The zero-order valence-corrected chi connectivity index (χ0v) is 12.3. The third kappa shape index (κ3) is 3.37. The molecule has 0 saturated heterocycles. The fourth-order valence-corrected chi connectivity index (χ4v) is 2.61. The first kappa shape index (κ1) is 14.1. The normalized spacial score (nSPS) is 11.6. The number of hydrogen-bond donors (Lipinski definition) is 1. The molecule has 0 saturated carbocycles. The lowest BCUT2D eigenvalue weighted by atomic mass is 10.1. The van der Waals surface area contributed by atoms with E-state index in [4.69, 9.17) is 0 Å². The number of nitrogens with zero attached hydrogens (tertiary/aromatic N) is 2. The van der Waals surface area contributed by atoms with Crippen LogP contribution in [0.1, 0.15) is 18.9 Å². The summed E-state index contributed by atoms with van der Waals surface area (Å²) in [5.41, 5.74) is 2.79. The number of hydrogen-bond acceptors (Lipinski definition) is 2. The van der Waals surface area contributed by atoms with Gasteiger partial charge in [-0.05, 0) is 52.2 Å². The fraction of sp³-hybridized carbons (Fsp3) is 0.500. The van der Waals surface area contributed by atoms with Gasteiger partial charge >= 0.3 is 0 Å². The monoisotopic (exact) mass is 259 g/mol. The van der Waals surface area contributed by atoms with Crippen LogP contribution in [0.5, 0.6) is 0 Å². The van der Waals surface area contributed by atoms with Gasteiger partial charge in [0.1, 0.15) is 0 Å². The molecule has 0 amide bonds. The molecule has 2 rings (SSSR count). The van der Waals surface area contributed by atoms with Crippen LogP contribution in [0.4, 0.5) is 0 Å². The summed E-state index contributed by atoms with van der Waals surface area (Å²) in [5, 5.41) is 4.59. The quantitative estimate of drug-likeness (QED) is 0.772. The smallest absolute Gasteiger partial charge is 0.0483 e. The van der Waals surface area contributed by atoms with Crippen molar-refractivity contribution in [2.45, 2.75) is 26.4 Å². The Kier molecular flexibility index (Phi) is 5.00. The maximum Gasteiger partial charge on any atom is 0.0483 e. The van der Waals surface area contributed by atoms with Crippen molar-refractivity contribution in [3.63, 3.8) is 0 Å². The number of aromatic nitrogens is 1. The summed E-state index contributed by atoms with van der Waals surface area (Å²) in [6.45, 7) is 6.47. The minimum absolute atomic E-state index is 1.03. The average molecular weight is 259 g/mol. The summed E-state index contributed by atoms with van der Waals surface area (Å²) in [6.07, 6.45) is 3.50. The van der Waals surface area contributed by atoms with Crippen LogP contribution < -0.4 is 5.32 Å². The lowest BCUT2D eigenvalue weighted by Gasteiger charge is -2.15. The van der Waals surface area contributed by atoms with E-state index < -0.39 is 0 Å². The van der Waals surface area contributed by atoms with Gasteiger partial charge in [-0.1, -0.05) is 18.2 Å². The average Bonchev–Trinajstić information content (AvgIpc) is 2.77. The second kappa shape index (κ2) is 6.73. The number of nitrogens with one attached hydrogen (secondary N) is 1. The zero-order valence-electron chi connectivity index (χ0n) is 12.3. The van der Waals surface area contributed by atoms with Crippen molar-refractivity contribution in [1.82, 2.24) is 14.8 Å². The molecule has 1 N–H and O–H groups in total. The Morgan fingerprint density at radius 3 is 2.79 bits per heavy atom. The third-order valence-electron chi connectivity index (χ3n) is 3.62. The van der Waals surface area contributed by atoms with Crippen molar-refractivity contribution in [2.24, 2.45) is 0 Å². The SMILES string of the molecule is CCn1cc(CN(C)CCCNC)c2ccccc21. The number of aryl methyl sites for hydroxylation is 1. The summed E-state index contributed by atoms with van der Waals surface area (Å²) < 4.78 is 2.34. The molecule has 1 heterocycles. The van der Waals surface area contributed by atoms with Gasteiger partial charge in [0, 0.05) is 30.2 Å². The van der Waals surface area contributed by atoms with Crippen molar-refractivity contribution in [1.29, 1.82) is 0 Å². The van der Waals surface area contributed by atoms with E-state index >= 15 is 0 Å². The highest BCUT2D eigenvalue weighted by molar-refractivity contribution is 5.83. The molecule has 104 valence electrons. The van der Waals surface area contributed by atoms with Gasteiger partial charge in [-0.2, -0.15) is 0 Å². The maximum absolute atomic E-state index is 3.20. The molecule has 2 aromatic rings. The van der Waals surface area contributed by atoms with Crippen LogP contribution in [0.15, 0.2) is 30.5 Å². The summed E-state index contributed by atoms with van der Waals surface area (Å²) in [5.74, 6) is 0. The molecular formula is C16H25N3. The van der Waals surface area contributed by atoms with E-state index in [2.05, 4.69) is 59.2 Å². The molecule has 19 heavy (non-hydrogen) atoms. The van der Waals surface area contributed by atoms with Gasteiger partial charge < -0.3 is 14.8 Å². The van der Waals surface area contributed by atoms with E-state index in [0.29, 0.717) is 0 Å². The predicted octanol–water partition coefficient (Wildman–Crippen LogP) is 2.70. The largest absolute Gasteiger partial charge is 0.347 e. The van der Waals surface area contributed by atoms with Crippen LogP contribution in [0.2, 0.25) is 0 Å². The molecule has 0 radical (unpaired) electrons. The van der Waals surface area contributed by atoms with E-state index in [1.807, 2.05) is 7.05 Å². The molecule has 0 atom stereocenters. The Balaban J connectivity index is 2.12. The standard InChI is InChI=1S/C16H25N3/c1-4-19-13-14(12-18(3)11-7-10-17-2)15-8-5-6-9-16(15)19/h5-6,8-9,13,17H,4,7,10-12H2,1-3H3. The lowest BCUT2D eigenvalue weighted by Crippen LogP contribution is -2.22. The molecule has 0 fully saturated rings. The summed E-state index contributed by atoms with van der Waals surface area (Å²) >= 11 is 0. The Hall–Kier alpha value is -1.32. The Morgan fingerprint density at radius 2 is 2.05 bits per heavy atom. The summed E-state index contributed by atoms with van der Waals surface area (Å²) in [7, 11) is 4.21. The minimum atomic E-state index is 1.03. The van der Waals surface area contributed by atoms with Gasteiger partial charge in [-0.3, -0.25) is 0 Å². The topological polar surface area (TPSA) is 20.2 Å². The van der Waals surface area contributed by atoms with Crippen molar-refractivity contribution >= 4 is 10.9 Å². The van der Waals surface area contributed by atoms with Crippen molar-refractivity contribution in [3.8, 4) is 0 Å². The highest BCUT2D eigenvalue weighted by Gasteiger charge is 2.08. The molecule has 3 heteroatoms. The van der Waals surface area contributed by atoms with Gasteiger partial charge in [0.2, 0.25) is 0 Å². The van der Waals surface area contributed by atoms with Gasteiger partial charge in [-0.25, -0.2) is 0 Å². The van der Waals surface area contributed by atoms with Crippen molar-refractivity contribution < 1.29 is 0 Å². The Labute approximate surface area is 116 Å². The van der Waals surface area contributed by atoms with Gasteiger partial charge in [0.15, 0.2) is 0 Å². The lowest BCUT2D eigenvalue weighted by molar-refractivity contribution is 0.322. The van der Waals surface area contributed by atoms with Crippen LogP contribution in [-0.4, -0.2) is 36.7 Å². The molecule has 0 aliphatic heterocycles. The number of benzene rings is 1. The molecule has 0 bridgehead atoms. The van der Waals surface area contributed by atoms with E-state index in [1.165, 1.54) is 22.9 Å². The molecule has 0 spiro atoms. The molecule has 1 aromatic heterocycles. The molecule has 1 aromatic carbocycles. The second-order valence-electron chi connectivity index (χ2n) is 5.15. The summed E-state index contributed by atoms with van der Waals surface area (Å²) in [4.78, 5) is 2.40. The maximum atomic E-state index is 3.20. The fourth-order valence-electron chi connectivity index (χ4n) is 2.61. The molecule has 3 nitrogen and oxygen atoms in total. The minimum Gasteiger partial charge on any atom is -0.347 e. The molecule has 0 aliphatic rings. The number of para-hydroxylation sites is 1. The van der Waals surface area contributed by atoms with Gasteiger partial charge in [0.05, 0.1) is 0 Å². The van der Waals surface area contributed by atoms with Crippen molar-refractivity contribution in [3.05, 3.63) is 36.0 Å². The zero-order chi connectivity index (χ0) is 13.7. The van der Waals surface area contributed by atoms with Crippen LogP contribution in [0.3, 0.4) is 0 Å². The Morgan fingerprint density at radius 1 is 1.26 bits per heavy atom. The highest BCUT2D eigenvalue weighted by Crippen LogP contribution is 2.22. The first-order valence-electron chi connectivity index (χ1n) is 7.16. The van der Waals surface area contributed by atoms with E-state index in [0.717, 1.165) is 26.2 Å². The second-order valence-corrected chi connectivity index (χ2v) is 5.15. The van der Waals surface area contributed by atoms with Gasteiger partial charge in [0.25, 0.3) is 0 Å². The van der Waals surface area contributed by atoms with Crippen LogP contribution in [0, 0.1) is 0 Å². The van der Waals surface area contributed by atoms with E-state index in [9.17, 15) is 0 Å². The van der Waals surface area contributed by atoms with E-state index in [1.54, 1.807) is 0 Å². The van der Waals surface area contributed by atoms with Gasteiger partial charge in [-0.15, -0.1) is 0 Å². The molecular weight excluding hydrogens is 234 g/mol. The number of fused-ring (bicyclic) bond motifs is 1. The van der Waals surface area contributed by atoms with Crippen LogP contribution >= 0.6 is 0 Å². The molecule has 0 unspecified atom stereocenters. The summed E-state index contributed by atoms with van der Waals surface area (Å²) in [6, 6.07) is 8.70. The van der Waals surface area contributed by atoms with E-state index in [-0.39, 0.29) is 0 Å². The first-order chi connectivity index (χ1) is 9.26. The highest BCUT2D eigenvalue weighted by atomic mass is 15.1. The van der Waals surface area contributed by atoms with Crippen LogP contribution in [-0.2, 0) is 13.1 Å². The first-order valence-corrected chi connectivity index (χ1v) is 7.16.